The third kappa shape index (κ3) is 3.82. The lowest BCUT2D eigenvalue weighted by Crippen LogP contribution is -2.41. The summed E-state index contributed by atoms with van der Waals surface area (Å²) in [6.07, 6.45) is 2.45. The molecule has 3 nitrogen and oxygen atoms in total. The molecule has 0 fully saturated rings. The maximum Gasteiger partial charge on any atom is 0.110 e. The first kappa shape index (κ1) is 15.5. The summed E-state index contributed by atoms with van der Waals surface area (Å²) in [6, 6.07) is 13.6. The van der Waals surface area contributed by atoms with Crippen molar-refractivity contribution in [3.8, 4) is 0 Å². The van der Waals surface area contributed by atoms with Crippen LogP contribution in [0.1, 0.15) is 12.0 Å². The standard InChI is InChI=1S/C15H17BrN2OS/c16-13-7-4-9-18-14(13)20-10-8-15(17,11-19)12-5-2-1-3-6-12/h1-7,9,19H,8,10-11,17H2. The Labute approximate surface area is 131 Å². The minimum Gasteiger partial charge on any atom is -0.394 e. The molecule has 2 rings (SSSR count). The SMILES string of the molecule is NC(CO)(CCSc1ncccc1Br)c1ccccc1. The molecular weight excluding hydrogens is 336 g/mol. The van der Waals surface area contributed by atoms with Gasteiger partial charge in [0.15, 0.2) is 0 Å². The van der Waals surface area contributed by atoms with Crippen LogP contribution in [0.3, 0.4) is 0 Å². The number of aliphatic hydroxyl groups excluding tert-OH is 1. The van der Waals surface area contributed by atoms with Crippen LogP contribution in [0.2, 0.25) is 0 Å². The van der Waals surface area contributed by atoms with Crippen molar-refractivity contribution in [3.63, 3.8) is 0 Å². The van der Waals surface area contributed by atoms with Crippen LogP contribution >= 0.6 is 27.7 Å². The van der Waals surface area contributed by atoms with Crippen molar-refractivity contribution in [2.45, 2.75) is 17.0 Å². The largest absolute Gasteiger partial charge is 0.394 e. The molecule has 0 aliphatic carbocycles. The Bertz CT molecular complexity index is 553. The van der Waals surface area contributed by atoms with Crippen LogP contribution in [0.15, 0.2) is 58.2 Å². The van der Waals surface area contributed by atoms with Gasteiger partial charge in [-0.05, 0) is 40.0 Å². The predicted octanol–water partition coefficient (Wildman–Crippen LogP) is 3.17. The number of benzene rings is 1. The molecule has 1 heterocycles. The van der Waals surface area contributed by atoms with Crippen LogP contribution in [0.25, 0.3) is 0 Å². The molecule has 1 atom stereocenters. The smallest absolute Gasteiger partial charge is 0.110 e. The molecule has 0 saturated heterocycles. The summed E-state index contributed by atoms with van der Waals surface area (Å²) in [6.45, 7) is -0.0685. The lowest BCUT2D eigenvalue weighted by molar-refractivity contribution is 0.193. The molecule has 0 bridgehead atoms. The van der Waals surface area contributed by atoms with Crippen molar-refractivity contribution in [1.29, 1.82) is 0 Å². The molecule has 5 heteroatoms. The fourth-order valence-electron chi connectivity index (χ4n) is 1.89. The molecule has 20 heavy (non-hydrogen) atoms. The summed E-state index contributed by atoms with van der Waals surface area (Å²) in [7, 11) is 0. The van der Waals surface area contributed by atoms with E-state index in [0.29, 0.717) is 6.42 Å². The Morgan fingerprint density at radius 1 is 1.20 bits per heavy atom. The predicted molar refractivity (Wildman–Crippen MR) is 86.7 cm³/mol. The van der Waals surface area contributed by atoms with Gasteiger partial charge in [-0.25, -0.2) is 4.98 Å². The molecule has 0 amide bonds. The Kier molecular flexibility index (Phi) is 5.60. The summed E-state index contributed by atoms with van der Waals surface area (Å²) >= 11 is 5.11. The Morgan fingerprint density at radius 2 is 1.95 bits per heavy atom. The number of thioether (sulfide) groups is 1. The first-order valence-corrected chi connectivity index (χ1v) is 8.12. The van der Waals surface area contributed by atoms with E-state index in [1.165, 1.54) is 0 Å². The Balaban J connectivity index is 2.00. The monoisotopic (exact) mass is 352 g/mol. The topological polar surface area (TPSA) is 59.1 Å². The molecule has 1 aromatic carbocycles. The zero-order valence-corrected chi connectivity index (χ0v) is 13.4. The molecule has 0 saturated carbocycles. The number of aliphatic hydroxyl groups is 1. The quantitative estimate of drug-likeness (QED) is 0.784. The lowest BCUT2D eigenvalue weighted by atomic mass is 9.89. The zero-order chi connectivity index (χ0) is 14.4. The lowest BCUT2D eigenvalue weighted by Gasteiger charge is -2.27. The van der Waals surface area contributed by atoms with E-state index in [1.807, 2.05) is 42.5 Å². The summed E-state index contributed by atoms with van der Waals surface area (Å²) in [5.74, 6) is 0.793. The van der Waals surface area contributed by atoms with E-state index in [4.69, 9.17) is 5.73 Å². The maximum absolute atomic E-state index is 9.63. The fourth-order valence-corrected chi connectivity index (χ4v) is 3.49. The van der Waals surface area contributed by atoms with Crippen LogP contribution in [0, 0.1) is 0 Å². The molecule has 2 aromatic rings. The number of rotatable bonds is 6. The normalized spacial score (nSPS) is 13.9. The zero-order valence-electron chi connectivity index (χ0n) is 11.0. The molecule has 1 unspecified atom stereocenters. The first-order valence-electron chi connectivity index (χ1n) is 6.34. The molecule has 0 aliphatic rings. The average molecular weight is 353 g/mol. The second-order valence-electron chi connectivity index (χ2n) is 4.57. The maximum atomic E-state index is 9.63. The molecular formula is C15H17BrN2OS. The third-order valence-corrected chi connectivity index (χ3v) is 5.05. The van der Waals surface area contributed by atoms with E-state index in [2.05, 4.69) is 20.9 Å². The number of pyridine rings is 1. The van der Waals surface area contributed by atoms with Gasteiger partial charge in [-0.15, -0.1) is 11.8 Å². The van der Waals surface area contributed by atoms with Crippen LogP contribution in [-0.4, -0.2) is 22.5 Å². The van der Waals surface area contributed by atoms with E-state index in [9.17, 15) is 5.11 Å². The Hall–Kier alpha value is -0.880. The van der Waals surface area contributed by atoms with Gasteiger partial charge in [0.05, 0.1) is 12.1 Å². The third-order valence-electron chi connectivity index (χ3n) is 3.14. The molecule has 3 N–H and O–H groups in total. The van der Waals surface area contributed by atoms with Gasteiger partial charge in [-0.1, -0.05) is 30.3 Å². The second-order valence-corrected chi connectivity index (χ2v) is 6.51. The number of nitrogens with two attached hydrogens (primary N) is 1. The van der Waals surface area contributed by atoms with Gasteiger partial charge < -0.3 is 10.8 Å². The number of hydrogen-bond acceptors (Lipinski definition) is 4. The van der Waals surface area contributed by atoms with Crippen LogP contribution < -0.4 is 5.73 Å². The summed E-state index contributed by atoms with van der Waals surface area (Å²) in [4.78, 5) is 4.31. The highest BCUT2D eigenvalue weighted by Gasteiger charge is 2.26. The van der Waals surface area contributed by atoms with Gasteiger partial charge in [0.1, 0.15) is 5.03 Å². The minimum atomic E-state index is -0.699. The van der Waals surface area contributed by atoms with Gasteiger partial charge in [-0.2, -0.15) is 0 Å². The van der Waals surface area contributed by atoms with Crippen LogP contribution in [0.4, 0.5) is 0 Å². The number of nitrogens with zero attached hydrogens (tertiary/aromatic N) is 1. The summed E-state index contributed by atoms with van der Waals surface area (Å²) in [5.41, 5.74) is 6.59. The molecule has 0 radical (unpaired) electrons. The fraction of sp³-hybridized carbons (Fsp3) is 0.267. The van der Waals surface area contributed by atoms with Gasteiger partial charge in [0.2, 0.25) is 0 Å². The molecule has 0 spiro atoms. The molecule has 106 valence electrons. The number of hydrogen-bond donors (Lipinski definition) is 2. The van der Waals surface area contributed by atoms with E-state index in [0.717, 1.165) is 20.8 Å². The summed E-state index contributed by atoms with van der Waals surface area (Å²) < 4.78 is 0.983. The van der Waals surface area contributed by atoms with Gasteiger partial charge in [0, 0.05) is 16.4 Å². The molecule has 1 aromatic heterocycles. The average Bonchev–Trinajstić information content (AvgIpc) is 2.50. The highest BCUT2D eigenvalue weighted by molar-refractivity contribution is 9.10. The van der Waals surface area contributed by atoms with E-state index in [-0.39, 0.29) is 6.61 Å². The highest BCUT2D eigenvalue weighted by atomic mass is 79.9. The van der Waals surface area contributed by atoms with Crippen molar-refractivity contribution < 1.29 is 5.11 Å². The number of aromatic nitrogens is 1. The number of halogens is 1. The van der Waals surface area contributed by atoms with Crippen LogP contribution in [-0.2, 0) is 5.54 Å². The van der Waals surface area contributed by atoms with Gasteiger partial charge in [-0.3, -0.25) is 0 Å². The van der Waals surface area contributed by atoms with Crippen LogP contribution in [0.5, 0.6) is 0 Å². The van der Waals surface area contributed by atoms with E-state index >= 15 is 0 Å². The van der Waals surface area contributed by atoms with Gasteiger partial charge >= 0.3 is 0 Å². The van der Waals surface area contributed by atoms with Crippen molar-refractivity contribution in [1.82, 2.24) is 4.98 Å². The summed E-state index contributed by atoms with van der Waals surface area (Å²) in [5, 5.41) is 10.6. The van der Waals surface area contributed by atoms with E-state index < -0.39 is 5.54 Å². The van der Waals surface area contributed by atoms with Crippen molar-refractivity contribution in [3.05, 3.63) is 58.7 Å². The first-order chi connectivity index (χ1) is 9.65. The Morgan fingerprint density at radius 3 is 2.60 bits per heavy atom. The van der Waals surface area contributed by atoms with Crippen molar-refractivity contribution in [2.24, 2.45) is 5.73 Å². The van der Waals surface area contributed by atoms with Gasteiger partial charge in [0.25, 0.3) is 0 Å². The van der Waals surface area contributed by atoms with E-state index in [1.54, 1.807) is 18.0 Å². The van der Waals surface area contributed by atoms with Crippen molar-refractivity contribution >= 4 is 27.7 Å². The molecule has 0 aliphatic heterocycles. The highest BCUT2D eigenvalue weighted by Crippen LogP contribution is 2.29. The second kappa shape index (κ2) is 7.22. The van der Waals surface area contributed by atoms with Crippen molar-refractivity contribution in [2.75, 3.05) is 12.4 Å². The minimum absolute atomic E-state index is 0.0685.